The highest BCUT2D eigenvalue weighted by Gasteiger charge is 2.19. The zero-order valence-electron chi connectivity index (χ0n) is 15.3. The molecule has 1 aromatic carbocycles. The number of phenols is 1. The number of hydrazone groups is 1. The molecule has 132 valence electrons. The van der Waals surface area contributed by atoms with E-state index < -0.39 is 0 Å². The van der Waals surface area contributed by atoms with Crippen LogP contribution in [-0.2, 0) is 0 Å². The zero-order chi connectivity index (χ0) is 17.7. The first-order valence-electron chi connectivity index (χ1n) is 9.10. The molecule has 4 nitrogen and oxygen atoms in total. The first-order valence-corrected chi connectivity index (χ1v) is 9.10. The lowest BCUT2D eigenvalue weighted by atomic mass is 9.90. The molecule has 1 aliphatic carbocycles. The van der Waals surface area contributed by atoms with Crippen molar-refractivity contribution in [2.24, 2.45) is 11.0 Å². The van der Waals surface area contributed by atoms with Crippen LogP contribution in [0.3, 0.4) is 0 Å². The minimum atomic E-state index is -0.344. The van der Waals surface area contributed by atoms with Gasteiger partial charge in [-0.25, -0.2) is 5.43 Å². The van der Waals surface area contributed by atoms with Crippen LogP contribution in [-0.4, -0.2) is 17.2 Å². The van der Waals surface area contributed by atoms with Gasteiger partial charge in [-0.2, -0.15) is 5.10 Å². The van der Waals surface area contributed by atoms with Gasteiger partial charge in [0.25, 0.3) is 5.91 Å². The molecule has 0 aliphatic heterocycles. The number of aromatic hydroxyl groups is 1. The minimum Gasteiger partial charge on any atom is -0.507 e. The summed E-state index contributed by atoms with van der Waals surface area (Å²) < 4.78 is 0. The van der Waals surface area contributed by atoms with Crippen LogP contribution < -0.4 is 5.43 Å². The summed E-state index contributed by atoms with van der Waals surface area (Å²) in [5, 5.41) is 14.6. The summed E-state index contributed by atoms with van der Waals surface area (Å²) in [7, 11) is 0. The fraction of sp³-hybridized carbons (Fsp3) is 0.600. The van der Waals surface area contributed by atoms with Crippen LogP contribution >= 0.6 is 0 Å². The number of phenolic OH excluding ortho intramolecular Hbond substituents is 1. The smallest absolute Gasteiger partial charge is 0.275 e. The standard InChI is InChI=1S/C20H30N2O2/c1-13(2)16-10-17(14(3)4)19(23)18(11-16)20(24)22-21-12-15-8-6-5-7-9-15/h10-15,23H,5-9H2,1-4H3,(H,22,24). The van der Waals surface area contributed by atoms with Gasteiger partial charge in [-0.1, -0.05) is 53.0 Å². The van der Waals surface area contributed by atoms with Crippen LogP contribution in [0, 0.1) is 5.92 Å². The number of hydrogen-bond donors (Lipinski definition) is 2. The molecule has 1 aliphatic rings. The Labute approximate surface area is 145 Å². The fourth-order valence-electron chi connectivity index (χ4n) is 3.17. The molecule has 1 fully saturated rings. The van der Waals surface area contributed by atoms with Gasteiger partial charge in [-0.05, 0) is 47.8 Å². The number of rotatable bonds is 5. The lowest BCUT2D eigenvalue weighted by Crippen LogP contribution is -2.20. The molecular weight excluding hydrogens is 300 g/mol. The van der Waals surface area contributed by atoms with Crippen molar-refractivity contribution in [3.8, 4) is 5.75 Å². The topological polar surface area (TPSA) is 61.7 Å². The van der Waals surface area contributed by atoms with Crippen LogP contribution in [0.2, 0.25) is 0 Å². The van der Waals surface area contributed by atoms with Crippen LogP contribution in [0.15, 0.2) is 17.2 Å². The second-order valence-corrected chi connectivity index (χ2v) is 7.43. The van der Waals surface area contributed by atoms with E-state index >= 15 is 0 Å². The lowest BCUT2D eigenvalue weighted by Gasteiger charge is -2.17. The van der Waals surface area contributed by atoms with Crippen molar-refractivity contribution >= 4 is 12.1 Å². The third-order valence-corrected chi connectivity index (χ3v) is 4.80. The highest BCUT2D eigenvalue weighted by molar-refractivity contribution is 5.97. The number of benzene rings is 1. The molecule has 4 heteroatoms. The fourth-order valence-corrected chi connectivity index (χ4v) is 3.17. The van der Waals surface area contributed by atoms with Crippen molar-refractivity contribution in [2.45, 2.75) is 71.6 Å². The van der Waals surface area contributed by atoms with Crippen molar-refractivity contribution < 1.29 is 9.90 Å². The van der Waals surface area contributed by atoms with E-state index in [1.54, 1.807) is 6.07 Å². The van der Waals surface area contributed by atoms with Crippen LogP contribution in [0.1, 0.15) is 93.1 Å². The normalized spacial score (nSPS) is 16.2. The van der Waals surface area contributed by atoms with Gasteiger partial charge in [-0.15, -0.1) is 0 Å². The second kappa shape index (κ2) is 8.32. The average molecular weight is 330 g/mol. The molecule has 0 heterocycles. The Balaban J connectivity index is 2.16. The lowest BCUT2D eigenvalue weighted by molar-refractivity contribution is 0.0952. The minimum absolute atomic E-state index is 0.0692. The number of hydrogen-bond acceptors (Lipinski definition) is 3. The summed E-state index contributed by atoms with van der Waals surface area (Å²) in [4.78, 5) is 12.5. The van der Waals surface area contributed by atoms with Crippen LogP contribution in [0.4, 0.5) is 0 Å². The van der Waals surface area contributed by atoms with Crippen LogP contribution in [0.25, 0.3) is 0 Å². The Morgan fingerprint density at radius 2 is 1.83 bits per heavy atom. The molecule has 0 unspecified atom stereocenters. The molecule has 1 aromatic rings. The van der Waals surface area contributed by atoms with Crippen molar-refractivity contribution in [3.63, 3.8) is 0 Å². The Kier molecular flexibility index (Phi) is 6.41. The van der Waals surface area contributed by atoms with Crippen molar-refractivity contribution in [2.75, 3.05) is 0 Å². The molecule has 0 aromatic heterocycles. The summed E-state index contributed by atoms with van der Waals surface area (Å²) in [5.74, 6) is 0.631. The van der Waals surface area contributed by atoms with Crippen molar-refractivity contribution in [1.29, 1.82) is 0 Å². The third-order valence-electron chi connectivity index (χ3n) is 4.80. The molecule has 1 amide bonds. The van der Waals surface area contributed by atoms with Gasteiger partial charge in [0.05, 0.1) is 5.56 Å². The number of carbonyl (C=O) groups is 1. The van der Waals surface area contributed by atoms with E-state index in [1.807, 2.05) is 26.1 Å². The van der Waals surface area contributed by atoms with E-state index in [4.69, 9.17) is 0 Å². The molecule has 2 N–H and O–H groups in total. The van der Waals surface area contributed by atoms with Crippen molar-refractivity contribution in [3.05, 3.63) is 28.8 Å². The van der Waals surface area contributed by atoms with Gasteiger partial charge in [0, 0.05) is 6.21 Å². The largest absolute Gasteiger partial charge is 0.507 e. The summed E-state index contributed by atoms with van der Waals surface area (Å²) >= 11 is 0. The van der Waals surface area contributed by atoms with E-state index in [0.29, 0.717) is 17.4 Å². The maximum absolute atomic E-state index is 12.5. The summed E-state index contributed by atoms with van der Waals surface area (Å²) in [6.45, 7) is 8.20. The summed E-state index contributed by atoms with van der Waals surface area (Å²) in [6.07, 6.45) is 7.91. The average Bonchev–Trinajstić information content (AvgIpc) is 2.55. The predicted octanol–water partition coefficient (Wildman–Crippen LogP) is 4.93. The van der Waals surface area contributed by atoms with Gasteiger partial charge in [0.2, 0.25) is 0 Å². The molecule has 0 bridgehead atoms. The Morgan fingerprint density at radius 3 is 2.42 bits per heavy atom. The van der Waals surface area contributed by atoms with Gasteiger partial charge >= 0.3 is 0 Å². The van der Waals surface area contributed by atoms with E-state index in [1.165, 1.54) is 19.3 Å². The van der Waals surface area contributed by atoms with E-state index in [9.17, 15) is 9.90 Å². The van der Waals surface area contributed by atoms with Crippen molar-refractivity contribution in [1.82, 2.24) is 5.43 Å². The van der Waals surface area contributed by atoms with Crippen LogP contribution in [0.5, 0.6) is 5.75 Å². The second-order valence-electron chi connectivity index (χ2n) is 7.43. The van der Waals surface area contributed by atoms with Gasteiger partial charge in [0.15, 0.2) is 0 Å². The van der Waals surface area contributed by atoms with E-state index in [-0.39, 0.29) is 17.6 Å². The first kappa shape index (κ1) is 18.5. The Morgan fingerprint density at radius 1 is 1.17 bits per heavy atom. The number of amides is 1. The quantitative estimate of drug-likeness (QED) is 0.593. The summed E-state index contributed by atoms with van der Waals surface area (Å²) in [6, 6.07) is 3.77. The Bertz CT molecular complexity index is 600. The highest BCUT2D eigenvalue weighted by atomic mass is 16.3. The van der Waals surface area contributed by atoms with Gasteiger partial charge in [0.1, 0.15) is 5.75 Å². The van der Waals surface area contributed by atoms with E-state index in [2.05, 4.69) is 24.4 Å². The number of nitrogens with zero attached hydrogens (tertiary/aromatic N) is 1. The molecule has 1 saturated carbocycles. The molecule has 0 atom stereocenters. The van der Waals surface area contributed by atoms with Gasteiger partial charge in [-0.3, -0.25) is 4.79 Å². The number of carbonyl (C=O) groups excluding carboxylic acids is 1. The molecule has 2 rings (SSSR count). The molecular formula is C20H30N2O2. The number of nitrogens with one attached hydrogen (secondary N) is 1. The van der Waals surface area contributed by atoms with E-state index in [0.717, 1.165) is 24.0 Å². The SMILES string of the molecule is CC(C)c1cc(C(=O)NN=CC2CCCCC2)c(O)c(C(C)C)c1. The first-order chi connectivity index (χ1) is 11.4. The Hall–Kier alpha value is -1.84. The molecule has 24 heavy (non-hydrogen) atoms. The molecule has 0 radical (unpaired) electrons. The predicted molar refractivity (Wildman–Crippen MR) is 98.8 cm³/mol. The maximum Gasteiger partial charge on any atom is 0.275 e. The monoisotopic (exact) mass is 330 g/mol. The van der Waals surface area contributed by atoms with Gasteiger partial charge < -0.3 is 5.11 Å². The maximum atomic E-state index is 12.5. The molecule has 0 saturated heterocycles. The molecule has 0 spiro atoms. The third kappa shape index (κ3) is 4.59. The zero-order valence-corrected chi connectivity index (χ0v) is 15.3. The summed E-state index contributed by atoms with van der Waals surface area (Å²) in [5.41, 5.74) is 4.76. The highest BCUT2D eigenvalue weighted by Crippen LogP contribution is 2.33.